The summed E-state index contributed by atoms with van der Waals surface area (Å²) in [5.74, 6) is -1.57. The van der Waals surface area contributed by atoms with E-state index in [1.165, 1.54) is 24.0 Å². The first-order valence-corrected chi connectivity index (χ1v) is 11.3. The summed E-state index contributed by atoms with van der Waals surface area (Å²) in [7, 11) is -3.13. The highest BCUT2D eigenvalue weighted by Gasteiger charge is 2.36. The average Bonchev–Trinajstić information content (AvgIpc) is 3.19. The number of sulfone groups is 1. The summed E-state index contributed by atoms with van der Waals surface area (Å²) in [6.45, 7) is 3.54. The number of fused-ring (bicyclic) bond motifs is 1. The molecule has 1 fully saturated rings. The van der Waals surface area contributed by atoms with Crippen LogP contribution in [0, 0.1) is 5.82 Å². The molecular weight excluding hydrogens is 393 g/mol. The van der Waals surface area contributed by atoms with Crippen LogP contribution in [-0.2, 0) is 19.4 Å². The summed E-state index contributed by atoms with van der Waals surface area (Å²) in [5, 5.41) is 0.333. The van der Waals surface area contributed by atoms with Crippen molar-refractivity contribution in [2.75, 3.05) is 18.1 Å². The molecule has 2 aromatic rings. The van der Waals surface area contributed by atoms with Crippen molar-refractivity contribution < 1.29 is 27.1 Å². The summed E-state index contributed by atoms with van der Waals surface area (Å²) in [6, 6.07) is 5.59. The number of nitrogens with zero attached hydrogens (tertiary/aromatic N) is 1. The van der Waals surface area contributed by atoms with Gasteiger partial charge in [-0.05, 0) is 38.5 Å². The topological polar surface area (TPSA) is 80.8 Å². The van der Waals surface area contributed by atoms with Gasteiger partial charge in [-0.25, -0.2) is 17.6 Å². The Hall–Kier alpha value is -2.00. The summed E-state index contributed by atoms with van der Waals surface area (Å²) >= 11 is 1.09. The van der Waals surface area contributed by atoms with E-state index in [-0.39, 0.29) is 16.4 Å². The van der Waals surface area contributed by atoms with E-state index in [1.54, 1.807) is 19.1 Å². The molecule has 9 heteroatoms. The van der Waals surface area contributed by atoms with Gasteiger partial charge in [-0.15, -0.1) is 11.3 Å². The lowest BCUT2D eigenvalue weighted by atomic mass is 10.2. The summed E-state index contributed by atoms with van der Waals surface area (Å²) in [5.41, 5.74) is 0. The minimum Gasteiger partial charge on any atom is -0.448 e. The molecule has 0 unspecified atom stereocenters. The van der Waals surface area contributed by atoms with Gasteiger partial charge in [0.25, 0.3) is 5.91 Å². The Morgan fingerprint density at radius 1 is 1.41 bits per heavy atom. The summed E-state index contributed by atoms with van der Waals surface area (Å²) in [4.78, 5) is 26.7. The number of ether oxygens (including phenoxy) is 1. The number of rotatable bonds is 5. The predicted molar refractivity (Wildman–Crippen MR) is 101 cm³/mol. The Bertz CT molecular complexity index is 985. The lowest BCUT2D eigenvalue weighted by Crippen LogP contribution is -2.46. The quantitative estimate of drug-likeness (QED) is 0.704. The van der Waals surface area contributed by atoms with Crippen molar-refractivity contribution in [2.45, 2.75) is 32.4 Å². The average molecular weight is 413 g/mol. The van der Waals surface area contributed by atoms with Gasteiger partial charge in [0.1, 0.15) is 10.7 Å². The van der Waals surface area contributed by atoms with E-state index in [4.69, 9.17) is 4.74 Å². The largest absolute Gasteiger partial charge is 0.448 e. The Kier molecular flexibility index (Phi) is 5.53. The molecule has 27 heavy (non-hydrogen) atoms. The molecular formula is C18H20FNO5S2. The molecule has 0 bridgehead atoms. The number of thiophene rings is 1. The molecule has 6 nitrogen and oxygen atoms in total. The molecule has 1 saturated heterocycles. The highest BCUT2D eigenvalue weighted by atomic mass is 32.2. The fourth-order valence-electron chi connectivity index (χ4n) is 3.24. The van der Waals surface area contributed by atoms with Gasteiger partial charge >= 0.3 is 5.97 Å². The third-order valence-corrected chi connectivity index (χ3v) is 7.44. The van der Waals surface area contributed by atoms with E-state index in [9.17, 15) is 22.4 Å². The second-order valence-corrected chi connectivity index (χ2v) is 9.80. The molecule has 0 N–H and O–H groups in total. The Morgan fingerprint density at radius 3 is 2.74 bits per heavy atom. The fraction of sp³-hybridized carbons (Fsp3) is 0.444. The van der Waals surface area contributed by atoms with Gasteiger partial charge in [-0.3, -0.25) is 4.79 Å². The van der Waals surface area contributed by atoms with Crippen LogP contribution in [0.5, 0.6) is 0 Å². The molecule has 0 radical (unpaired) electrons. The maximum Gasteiger partial charge on any atom is 0.349 e. The molecule has 1 aliphatic rings. The van der Waals surface area contributed by atoms with E-state index >= 15 is 0 Å². The molecule has 146 valence electrons. The zero-order chi connectivity index (χ0) is 19.8. The number of carbonyl (C=O) groups is 2. The summed E-state index contributed by atoms with van der Waals surface area (Å²) < 4.78 is 43.0. The Balaban J connectivity index is 1.71. The number of likely N-dealkylation sites (N-methyl/N-ethyl adjacent to an activating group) is 1. The monoisotopic (exact) mass is 413 g/mol. The van der Waals surface area contributed by atoms with Gasteiger partial charge in [-0.2, -0.15) is 0 Å². The van der Waals surface area contributed by atoms with E-state index in [2.05, 4.69) is 0 Å². The van der Waals surface area contributed by atoms with Crippen molar-refractivity contribution >= 4 is 43.1 Å². The molecule has 0 saturated carbocycles. The first-order valence-electron chi connectivity index (χ1n) is 8.62. The minimum atomic E-state index is -3.13. The number of carbonyl (C=O) groups excluding carboxylic acids is 2. The van der Waals surface area contributed by atoms with Crippen LogP contribution in [0.2, 0.25) is 0 Å². The van der Waals surface area contributed by atoms with E-state index in [0.29, 0.717) is 23.1 Å². The molecule has 3 rings (SSSR count). The van der Waals surface area contributed by atoms with Crippen LogP contribution < -0.4 is 0 Å². The van der Waals surface area contributed by atoms with E-state index in [1.807, 2.05) is 0 Å². The van der Waals surface area contributed by atoms with Gasteiger partial charge < -0.3 is 9.64 Å². The van der Waals surface area contributed by atoms with Gasteiger partial charge in [0, 0.05) is 22.7 Å². The van der Waals surface area contributed by atoms with Gasteiger partial charge in [0.2, 0.25) is 0 Å². The Labute approximate surface area is 160 Å². The maximum atomic E-state index is 13.8. The SMILES string of the molecule is CCN(C(=O)[C@H](C)OC(=O)c1cc2c(F)cccc2s1)[C@H]1CCS(=O)(=O)C1. The lowest BCUT2D eigenvalue weighted by molar-refractivity contribution is -0.141. The molecule has 1 amide bonds. The third kappa shape index (κ3) is 4.14. The normalized spacial score (nSPS) is 19.7. The lowest BCUT2D eigenvalue weighted by Gasteiger charge is -2.29. The van der Waals surface area contributed by atoms with Crippen molar-refractivity contribution in [3.8, 4) is 0 Å². The van der Waals surface area contributed by atoms with Crippen LogP contribution in [0.25, 0.3) is 10.1 Å². The zero-order valence-electron chi connectivity index (χ0n) is 15.0. The highest BCUT2D eigenvalue weighted by molar-refractivity contribution is 7.91. The van der Waals surface area contributed by atoms with Crippen LogP contribution in [0.15, 0.2) is 24.3 Å². The summed E-state index contributed by atoms with van der Waals surface area (Å²) in [6.07, 6.45) is -0.672. The van der Waals surface area contributed by atoms with Crippen molar-refractivity contribution in [1.82, 2.24) is 4.90 Å². The molecule has 0 spiro atoms. The van der Waals surface area contributed by atoms with Crippen LogP contribution in [0.3, 0.4) is 0 Å². The smallest absolute Gasteiger partial charge is 0.349 e. The van der Waals surface area contributed by atoms with Crippen molar-refractivity contribution in [3.05, 3.63) is 35.0 Å². The van der Waals surface area contributed by atoms with Crippen LogP contribution >= 0.6 is 11.3 Å². The second kappa shape index (κ2) is 7.55. The Morgan fingerprint density at radius 2 is 2.15 bits per heavy atom. The number of amides is 1. The van der Waals surface area contributed by atoms with Crippen LogP contribution in [0.4, 0.5) is 4.39 Å². The number of hydrogen-bond donors (Lipinski definition) is 0. The highest BCUT2D eigenvalue weighted by Crippen LogP contribution is 2.28. The van der Waals surface area contributed by atoms with E-state index < -0.39 is 39.7 Å². The van der Waals surface area contributed by atoms with Gasteiger partial charge in [0.05, 0.1) is 11.5 Å². The second-order valence-electron chi connectivity index (χ2n) is 6.49. The van der Waals surface area contributed by atoms with E-state index in [0.717, 1.165) is 11.3 Å². The van der Waals surface area contributed by atoms with Crippen molar-refractivity contribution in [2.24, 2.45) is 0 Å². The molecule has 1 aliphatic heterocycles. The molecule has 2 atom stereocenters. The number of halogens is 1. The van der Waals surface area contributed by atoms with Gasteiger partial charge in [0.15, 0.2) is 15.9 Å². The first-order chi connectivity index (χ1) is 12.7. The number of benzene rings is 1. The standard InChI is InChI=1S/C18H20FNO5S2/c1-3-20(12-7-8-27(23,24)10-12)17(21)11(2)25-18(22)16-9-13-14(19)5-4-6-15(13)26-16/h4-6,9,11-12H,3,7-8,10H2,1-2H3/t11-,12-/m0/s1. The predicted octanol–water partition coefficient (Wildman–Crippen LogP) is 2.62. The minimum absolute atomic E-state index is 0.0585. The zero-order valence-corrected chi connectivity index (χ0v) is 16.6. The number of hydrogen-bond acceptors (Lipinski definition) is 6. The van der Waals surface area contributed by atoms with Crippen molar-refractivity contribution in [3.63, 3.8) is 0 Å². The maximum absolute atomic E-state index is 13.8. The van der Waals surface area contributed by atoms with Crippen LogP contribution in [0.1, 0.15) is 29.9 Å². The first kappa shape index (κ1) is 19.8. The molecule has 0 aliphatic carbocycles. The third-order valence-electron chi connectivity index (χ3n) is 4.61. The van der Waals surface area contributed by atoms with Crippen molar-refractivity contribution in [1.29, 1.82) is 0 Å². The molecule has 1 aromatic carbocycles. The van der Waals surface area contributed by atoms with Gasteiger partial charge in [-0.1, -0.05) is 6.07 Å². The van der Waals surface area contributed by atoms with Crippen LogP contribution in [-0.4, -0.2) is 55.4 Å². The molecule has 1 aromatic heterocycles. The number of esters is 1. The molecule has 2 heterocycles. The fourth-order valence-corrected chi connectivity index (χ4v) is 5.93.